The smallest absolute Gasteiger partial charge is 0.129 e. The molecule has 2 nitrogen and oxygen atoms in total. The van der Waals surface area contributed by atoms with Gasteiger partial charge in [-0.3, -0.25) is 0 Å². The molecule has 0 amide bonds. The Morgan fingerprint density at radius 3 is 2.24 bits per heavy atom. The lowest BCUT2D eigenvalue weighted by Crippen LogP contribution is -2.42. The van der Waals surface area contributed by atoms with Crippen LogP contribution in [0.3, 0.4) is 0 Å². The van der Waals surface area contributed by atoms with Gasteiger partial charge in [-0.25, -0.2) is 8.78 Å². The normalized spacial score (nSPS) is 14.4. The van der Waals surface area contributed by atoms with E-state index in [9.17, 15) is 8.78 Å². The van der Waals surface area contributed by atoms with Gasteiger partial charge < -0.3 is 10.1 Å². The van der Waals surface area contributed by atoms with Crippen molar-refractivity contribution in [1.82, 2.24) is 5.32 Å². The van der Waals surface area contributed by atoms with Crippen molar-refractivity contribution < 1.29 is 13.5 Å². The van der Waals surface area contributed by atoms with Gasteiger partial charge in [0.15, 0.2) is 0 Å². The predicted octanol–water partition coefficient (Wildman–Crippen LogP) is 3.12. The maximum Gasteiger partial charge on any atom is 0.129 e. The first-order chi connectivity index (χ1) is 7.99. The van der Waals surface area contributed by atoms with Gasteiger partial charge in [-0.05, 0) is 19.9 Å². The Morgan fingerprint density at radius 1 is 1.18 bits per heavy atom. The Bertz CT molecular complexity index is 350. The summed E-state index contributed by atoms with van der Waals surface area (Å²) in [6.07, 6.45) is 0.748. The molecular weight excluding hydrogens is 224 g/mol. The Labute approximate surface area is 101 Å². The van der Waals surface area contributed by atoms with Crippen LogP contribution in [0.4, 0.5) is 8.78 Å². The molecule has 96 valence electrons. The first kappa shape index (κ1) is 13.9. The van der Waals surface area contributed by atoms with Crippen LogP contribution in [0.15, 0.2) is 18.2 Å². The number of ether oxygens (including phenoxy) is 1. The van der Waals surface area contributed by atoms with Crippen molar-refractivity contribution in [2.45, 2.75) is 32.8 Å². The minimum atomic E-state index is -0.623. The summed E-state index contributed by atoms with van der Waals surface area (Å²) in [5.74, 6) is -1.02. The molecule has 0 aliphatic rings. The number of rotatable bonds is 6. The molecule has 0 aromatic heterocycles. The summed E-state index contributed by atoms with van der Waals surface area (Å²) >= 11 is 0. The quantitative estimate of drug-likeness (QED) is 0.828. The highest BCUT2D eigenvalue weighted by atomic mass is 19.1. The van der Waals surface area contributed by atoms with Gasteiger partial charge in [-0.1, -0.05) is 13.8 Å². The van der Waals surface area contributed by atoms with Crippen LogP contribution in [0, 0.1) is 11.6 Å². The zero-order valence-electron chi connectivity index (χ0n) is 10.5. The fraction of sp³-hybridized carbons (Fsp3) is 0.538. The van der Waals surface area contributed by atoms with Crippen LogP contribution in [-0.4, -0.2) is 18.7 Å². The van der Waals surface area contributed by atoms with Crippen molar-refractivity contribution in [1.29, 1.82) is 0 Å². The Morgan fingerprint density at radius 2 is 1.76 bits per heavy atom. The largest absolute Gasteiger partial charge is 0.486 e. The van der Waals surface area contributed by atoms with E-state index in [-0.39, 0.29) is 5.75 Å². The summed E-state index contributed by atoms with van der Waals surface area (Å²) in [5, 5.41) is 3.18. The number of likely N-dealkylation sites (N-methyl/N-ethyl adjacent to an activating group) is 1. The number of hydrogen-bond donors (Lipinski definition) is 1. The van der Waals surface area contributed by atoms with Gasteiger partial charge >= 0.3 is 0 Å². The van der Waals surface area contributed by atoms with E-state index >= 15 is 0 Å². The third-order valence-corrected chi connectivity index (χ3v) is 2.70. The van der Waals surface area contributed by atoms with Crippen LogP contribution in [0.2, 0.25) is 0 Å². The Hall–Kier alpha value is -1.16. The third kappa shape index (κ3) is 4.30. The maximum atomic E-state index is 13.0. The molecule has 0 fully saturated rings. The van der Waals surface area contributed by atoms with Crippen molar-refractivity contribution >= 4 is 0 Å². The van der Waals surface area contributed by atoms with Crippen LogP contribution < -0.4 is 10.1 Å². The standard InChI is InChI=1S/C13H19F2NO/c1-4-13(3,9-16-5-2)17-12-7-10(14)6-11(15)8-12/h6-8,16H,4-5,9H2,1-3H3. The Balaban J connectivity index is 2.79. The van der Waals surface area contributed by atoms with Gasteiger partial charge in [-0.15, -0.1) is 0 Å². The molecule has 1 rings (SSSR count). The van der Waals surface area contributed by atoms with Crippen LogP contribution >= 0.6 is 0 Å². The van der Waals surface area contributed by atoms with E-state index < -0.39 is 17.2 Å². The van der Waals surface area contributed by atoms with E-state index in [0.29, 0.717) is 6.54 Å². The summed E-state index contributed by atoms with van der Waals surface area (Å²) in [6.45, 7) is 7.36. The van der Waals surface area contributed by atoms with Crippen molar-refractivity contribution in [3.05, 3.63) is 29.8 Å². The lowest BCUT2D eigenvalue weighted by molar-refractivity contribution is 0.0834. The second-order valence-corrected chi connectivity index (χ2v) is 4.29. The van der Waals surface area contributed by atoms with Crippen molar-refractivity contribution in [3.63, 3.8) is 0 Å². The molecule has 0 saturated carbocycles. The minimum Gasteiger partial charge on any atom is -0.486 e. The zero-order chi connectivity index (χ0) is 12.9. The van der Waals surface area contributed by atoms with Crippen LogP contribution in [0.25, 0.3) is 0 Å². The second kappa shape index (κ2) is 5.96. The van der Waals surface area contributed by atoms with Crippen LogP contribution in [-0.2, 0) is 0 Å². The first-order valence-electron chi connectivity index (χ1n) is 5.85. The van der Waals surface area contributed by atoms with Crippen LogP contribution in [0.1, 0.15) is 27.2 Å². The zero-order valence-corrected chi connectivity index (χ0v) is 10.5. The van der Waals surface area contributed by atoms with Crippen molar-refractivity contribution in [2.24, 2.45) is 0 Å². The average Bonchev–Trinajstić information content (AvgIpc) is 2.25. The summed E-state index contributed by atoms with van der Waals surface area (Å²) in [6, 6.07) is 3.23. The molecule has 1 N–H and O–H groups in total. The van der Waals surface area contributed by atoms with Crippen molar-refractivity contribution in [3.8, 4) is 5.75 Å². The molecule has 1 unspecified atom stereocenters. The molecule has 0 bridgehead atoms. The highest BCUT2D eigenvalue weighted by Crippen LogP contribution is 2.22. The molecule has 0 radical (unpaired) electrons. The average molecular weight is 243 g/mol. The lowest BCUT2D eigenvalue weighted by Gasteiger charge is -2.30. The molecule has 1 atom stereocenters. The van der Waals surface area contributed by atoms with Gasteiger partial charge in [0.1, 0.15) is 23.0 Å². The fourth-order valence-electron chi connectivity index (χ4n) is 1.49. The topological polar surface area (TPSA) is 21.3 Å². The molecule has 0 aliphatic carbocycles. The van der Waals surface area contributed by atoms with Gasteiger partial charge in [0, 0.05) is 24.7 Å². The highest BCUT2D eigenvalue weighted by molar-refractivity contribution is 5.24. The fourth-order valence-corrected chi connectivity index (χ4v) is 1.49. The lowest BCUT2D eigenvalue weighted by atomic mass is 10.0. The predicted molar refractivity (Wildman–Crippen MR) is 64.2 cm³/mol. The monoisotopic (exact) mass is 243 g/mol. The molecule has 17 heavy (non-hydrogen) atoms. The van der Waals surface area contributed by atoms with E-state index in [1.165, 1.54) is 12.1 Å². The number of nitrogens with one attached hydrogen (secondary N) is 1. The van der Waals surface area contributed by atoms with E-state index in [4.69, 9.17) is 4.74 Å². The molecule has 0 spiro atoms. The maximum absolute atomic E-state index is 13.0. The summed E-state index contributed by atoms with van der Waals surface area (Å²) < 4.78 is 31.7. The van der Waals surface area contributed by atoms with Gasteiger partial charge in [-0.2, -0.15) is 0 Å². The molecule has 1 aromatic rings. The molecular formula is C13H19F2NO. The minimum absolute atomic E-state index is 0.227. The SMILES string of the molecule is CCNCC(C)(CC)Oc1cc(F)cc(F)c1. The van der Waals surface area contributed by atoms with E-state index in [0.717, 1.165) is 19.0 Å². The van der Waals surface area contributed by atoms with E-state index in [1.807, 2.05) is 20.8 Å². The first-order valence-corrected chi connectivity index (χ1v) is 5.85. The number of hydrogen-bond acceptors (Lipinski definition) is 2. The summed E-state index contributed by atoms with van der Waals surface area (Å²) in [7, 11) is 0. The number of benzene rings is 1. The molecule has 4 heteroatoms. The summed E-state index contributed by atoms with van der Waals surface area (Å²) in [4.78, 5) is 0. The molecule has 1 aromatic carbocycles. The molecule has 0 saturated heterocycles. The highest BCUT2D eigenvalue weighted by Gasteiger charge is 2.24. The van der Waals surface area contributed by atoms with Crippen molar-refractivity contribution in [2.75, 3.05) is 13.1 Å². The number of halogens is 2. The Kier molecular flexibility index (Phi) is 4.87. The van der Waals surface area contributed by atoms with E-state index in [2.05, 4.69) is 5.32 Å². The van der Waals surface area contributed by atoms with Gasteiger partial charge in [0.05, 0.1) is 0 Å². The molecule has 0 heterocycles. The van der Waals surface area contributed by atoms with Crippen LogP contribution in [0.5, 0.6) is 5.75 Å². The van der Waals surface area contributed by atoms with Gasteiger partial charge in [0.2, 0.25) is 0 Å². The van der Waals surface area contributed by atoms with E-state index in [1.54, 1.807) is 0 Å². The summed E-state index contributed by atoms with van der Waals surface area (Å²) in [5.41, 5.74) is -0.462. The third-order valence-electron chi connectivity index (χ3n) is 2.70. The second-order valence-electron chi connectivity index (χ2n) is 4.29. The molecule has 0 aliphatic heterocycles. The van der Waals surface area contributed by atoms with Gasteiger partial charge in [0.25, 0.3) is 0 Å².